The lowest BCUT2D eigenvalue weighted by Gasteiger charge is -2.33. The molecule has 0 aliphatic carbocycles. The Balaban J connectivity index is 1.72. The minimum absolute atomic E-state index is 0.427. The summed E-state index contributed by atoms with van der Waals surface area (Å²) in [4.78, 5) is 29.3. The molecule has 0 aromatic carbocycles. The van der Waals surface area contributed by atoms with Gasteiger partial charge in [0.1, 0.15) is 0 Å². The van der Waals surface area contributed by atoms with E-state index < -0.39 is 11.8 Å². The lowest BCUT2D eigenvalue weighted by atomic mass is 9.96. The van der Waals surface area contributed by atoms with Gasteiger partial charge in [0.05, 0.1) is 11.9 Å². The number of amides is 2. The molecule has 21 heavy (non-hydrogen) atoms. The molecule has 0 atom stereocenters. The zero-order valence-corrected chi connectivity index (χ0v) is 12.3. The summed E-state index contributed by atoms with van der Waals surface area (Å²) in [5.74, 6) is -0.659. The van der Waals surface area contributed by atoms with Crippen molar-refractivity contribution in [2.24, 2.45) is 5.92 Å². The number of nitrogens with zero attached hydrogens (tertiary/aromatic N) is 2. The molecule has 0 radical (unpaired) electrons. The number of likely N-dealkylation sites (N-methyl/N-ethyl adjacent to an activating group) is 1. The standard InChI is InChI=1S/C15H22N4O2/c1-2-17-14(20)15(21)18-10-12-5-8-19(9-6-12)13-4-3-7-16-11-13/h3-4,7,11-12H,2,5-6,8-10H2,1H3,(H,17,20)(H,18,21). The highest BCUT2D eigenvalue weighted by Gasteiger charge is 2.21. The zero-order chi connectivity index (χ0) is 15.1. The maximum Gasteiger partial charge on any atom is 0.309 e. The van der Waals surface area contributed by atoms with Crippen molar-refractivity contribution >= 4 is 17.5 Å². The summed E-state index contributed by atoms with van der Waals surface area (Å²) < 4.78 is 0. The number of rotatable bonds is 4. The van der Waals surface area contributed by atoms with Gasteiger partial charge >= 0.3 is 11.8 Å². The molecule has 1 aromatic heterocycles. The molecule has 2 amide bonds. The van der Waals surface area contributed by atoms with Gasteiger partial charge in [0.25, 0.3) is 0 Å². The lowest BCUT2D eigenvalue weighted by Crippen LogP contribution is -2.43. The third kappa shape index (κ3) is 4.44. The van der Waals surface area contributed by atoms with Crippen LogP contribution in [-0.4, -0.2) is 43.0 Å². The van der Waals surface area contributed by atoms with Crippen molar-refractivity contribution in [3.05, 3.63) is 24.5 Å². The summed E-state index contributed by atoms with van der Waals surface area (Å²) >= 11 is 0. The van der Waals surface area contributed by atoms with E-state index in [1.54, 1.807) is 13.1 Å². The Hall–Kier alpha value is -2.11. The van der Waals surface area contributed by atoms with Crippen LogP contribution in [0.2, 0.25) is 0 Å². The van der Waals surface area contributed by atoms with Crippen molar-refractivity contribution in [2.75, 3.05) is 31.1 Å². The van der Waals surface area contributed by atoms with Crippen LogP contribution in [0.4, 0.5) is 5.69 Å². The monoisotopic (exact) mass is 290 g/mol. The Kier molecular flexibility index (Phi) is 5.54. The highest BCUT2D eigenvalue weighted by atomic mass is 16.2. The molecule has 6 nitrogen and oxygen atoms in total. The number of carbonyl (C=O) groups is 2. The van der Waals surface area contributed by atoms with Gasteiger partial charge < -0.3 is 15.5 Å². The summed E-state index contributed by atoms with van der Waals surface area (Å²) in [7, 11) is 0. The van der Waals surface area contributed by atoms with Crippen molar-refractivity contribution in [3.8, 4) is 0 Å². The van der Waals surface area contributed by atoms with E-state index in [1.165, 1.54) is 0 Å². The molecule has 1 aromatic rings. The number of carbonyl (C=O) groups excluding carboxylic acids is 2. The van der Waals surface area contributed by atoms with E-state index in [4.69, 9.17) is 0 Å². The van der Waals surface area contributed by atoms with Gasteiger partial charge in [0, 0.05) is 32.4 Å². The Morgan fingerprint density at radius 2 is 2.00 bits per heavy atom. The van der Waals surface area contributed by atoms with Crippen molar-refractivity contribution < 1.29 is 9.59 Å². The second kappa shape index (κ2) is 7.61. The van der Waals surface area contributed by atoms with Gasteiger partial charge in [-0.15, -0.1) is 0 Å². The third-order valence-electron chi connectivity index (χ3n) is 3.72. The summed E-state index contributed by atoms with van der Waals surface area (Å²) in [5.41, 5.74) is 1.14. The minimum Gasteiger partial charge on any atom is -0.370 e. The molecule has 114 valence electrons. The number of piperidine rings is 1. The van der Waals surface area contributed by atoms with Crippen LogP contribution in [0.25, 0.3) is 0 Å². The molecule has 1 aliphatic heterocycles. The van der Waals surface area contributed by atoms with E-state index in [-0.39, 0.29) is 0 Å². The van der Waals surface area contributed by atoms with E-state index in [0.717, 1.165) is 31.6 Å². The smallest absolute Gasteiger partial charge is 0.309 e. The Bertz CT molecular complexity index is 470. The molecule has 2 heterocycles. The third-order valence-corrected chi connectivity index (χ3v) is 3.72. The molecular formula is C15H22N4O2. The number of hydrogen-bond acceptors (Lipinski definition) is 4. The van der Waals surface area contributed by atoms with E-state index >= 15 is 0 Å². The first-order chi connectivity index (χ1) is 10.2. The first-order valence-electron chi connectivity index (χ1n) is 7.41. The molecule has 2 N–H and O–H groups in total. The molecule has 0 bridgehead atoms. The summed E-state index contributed by atoms with van der Waals surface area (Å²) in [5, 5.41) is 5.21. The van der Waals surface area contributed by atoms with Crippen LogP contribution in [0.3, 0.4) is 0 Å². The van der Waals surface area contributed by atoms with Crippen molar-refractivity contribution in [3.63, 3.8) is 0 Å². The molecule has 6 heteroatoms. The molecule has 0 spiro atoms. The van der Waals surface area contributed by atoms with Crippen LogP contribution < -0.4 is 15.5 Å². The summed E-state index contributed by atoms with van der Waals surface area (Å²) in [6.45, 7) is 4.73. The fourth-order valence-corrected chi connectivity index (χ4v) is 2.49. The summed E-state index contributed by atoms with van der Waals surface area (Å²) in [6.07, 6.45) is 5.65. The molecular weight excluding hydrogens is 268 g/mol. The molecule has 2 rings (SSSR count). The fourth-order valence-electron chi connectivity index (χ4n) is 2.49. The van der Waals surface area contributed by atoms with Gasteiger partial charge in [-0.2, -0.15) is 0 Å². The van der Waals surface area contributed by atoms with Crippen LogP contribution >= 0.6 is 0 Å². The van der Waals surface area contributed by atoms with Crippen molar-refractivity contribution in [1.29, 1.82) is 0 Å². The van der Waals surface area contributed by atoms with Crippen LogP contribution in [0.5, 0.6) is 0 Å². The number of nitrogens with one attached hydrogen (secondary N) is 2. The van der Waals surface area contributed by atoms with Crippen molar-refractivity contribution in [2.45, 2.75) is 19.8 Å². The summed E-state index contributed by atoms with van der Waals surface area (Å²) in [6, 6.07) is 4.00. The van der Waals surface area contributed by atoms with Crippen molar-refractivity contribution in [1.82, 2.24) is 15.6 Å². The average Bonchev–Trinajstić information content (AvgIpc) is 2.54. The number of hydrogen-bond donors (Lipinski definition) is 2. The normalized spacial score (nSPS) is 15.6. The zero-order valence-electron chi connectivity index (χ0n) is 12.3. The van der Waals surface area contributed by atoms with Gasteiger partial charge in [-0.05, 0) is 37.8 Å². The number of pyridine rings is 1. The first-order valence-corrected chi connectivity index (χ1v) is 7.41. The van der Waals surface area contributed by atoms with Crippen LogP contribution in [0, 0.1) is 5.92 Å². The Labute approximate surface area is 124 Å². The van der Waals surface area contributed by atoms with E-state index in [2.05, 4.69) is 26.6 Å². The topological polar surface area (TPSA) is 74.3 Å². The molecule has 1 fully saturated rings. The maximum atomic E-state index is 11.5. The van der Waals surface area contributed by atoms with Gasteiger partial charge in [0.2, 0.25) is 0 Å². The quantitative estimate of drug-likeness (QED) is 0.794. The SMILES string of the molecule is CCNC(=O)C(=O)NCC1CCN(c2cccnc2)CC1. The van der Waals surface area contributed by atoms with E-state index in [1.807, 2.05) is 12.3 Å². The highest BCUT2D eigenvalue weighted by molar-refractivity contribution is 6.35. The largest absolute Gasteiger partial charge is 0.370 e. The van der Waals surface area contributed by atoms with Gasteiger partial charge in [-0.3, -0.25) is 14.6 Å². The van der Waals surface area contributed by atoms with Gasteiger partial charge in [-0.1, -0.05) is 0 Å². The molecule has 0 unspecified atom stereocenters. The average molecular weight is 290 g/mol. The molecule has 1 saturated heterocycles. The second-order valence-electron chi connectivity index (χ2n) is 5.21. The van der Waals surface area contributed by atoms with Crippen LogP contribution in [0.1, 0.15) is 19.8 Å². The number of anilines is 1. The second-order valence-corrected chi connectivity index (χ2v) is 5.21. The lowest BCUT2D eigenvalue weighted by molar-refractivity contribution is -0.139. The van der Waals surface area contributed by atoms with E-state index in [0.29, 0.717) is 19.0 Å². The predicted octanol–water partition coefficient (Wildman–Crippen LogP) is 0.550. The van der Waals surface area contributed by atoms with E-state index in [9.17, 15) is 9.59 Å². The van der Waals surface area contributed by atoms with Crippen LogP contribution in [0.15, 0.2) is 24.5 Å². The Morgan fingerprint density at radius 3 is 2.62 bits per heavy atom. The first kappa shape index (κ1) is 15.3. The van der Waals surface area contributed by atoms with Gasteiger partial charge in [0.15, 0.2) is 0 Å². The van der Waals surface area contributed by atoms with Crippen LogP contribution in [-0.2, 0) is 9.59 Å². The highest BCUT2D eigenvalue weighted by Crippen LogP contribution is 2.21. The Morgan fingerprint density at radius 1 is 1.29 bits per heavy atom. The minimum atomic E-state index is -0.551. The molecule has 0 saturated carbocycles. The predicted molar refractivity (Wildman–Crippen MR) is 80.9 cm³/mol. The number of aromatic nitrogens is 1. The molecule has 1 aliphatic rings. The maximum absolute atomic E-state index is 11.5. The van der Waals surface area contributed by atoms with Gasteiger partial charge in [-0.25, -0.2) is 0 Å². The fraction of sp³-hybridized carbons (Fsp3) is 0.533.